The van der Waals surface area contributed by atoms with Gasteiger partial charge in [-0.25, -0.2) is 4.98 Å². The fraction of sp³-hybridized carbons (Fsp3) is 0.524. The number of benzene rings is 1. The Kier molecular flexibility index (Phi) is 5.34. The number of amides is 1. The zero-order valence-electron chi connectivity index (χ0n) is 15.3. The number of piperidine rings is 1. The molecule has 2 saturated heterocycles. The minimum absolute atomic E-state index is 0.341. The summed E-state index contributed by atoms with van der Waals surface area (Å²) in [5, 5.41) is 0. The van der Waals surface area contributed by atoms with Gasteiger partial charge in [0.05, 0.1) is 6.33 Å². The molecule has 0 aliphatic carbocycles. The Morgan fingerprint density at radius 3 is 2.77 bits per heavy atom. The van der Waals surface area contributed by atoms with Crippen molar-refractivity contribution in [2.24, 2.45) is 11.8 Å². The van der Waals surface area contributed by atoms with Crippen LogP contribution in [0, 0.1) is 11.8 Å². The number of hydrogen-bond acceptors (Lipinski definition) is 3. The van der Waals surface area contributed by atoms with Gasteiger partial charge in [0.2, 0.25) is 5.91 Å². The standard InChI is InChI=1S/C21H28N4O/c26-21-12-18-6-9-24(14-17-4-2-1-3-5-17)15-19(18)7-10-25(21)11-8-20-13-22-16-23-20/h1-5,13,16,18-19H,6-12,14-15H2,(H,22,23)/t18-,19-/m0/s1. The number of hydrogen-bond donors (Lipinski definition) is 1. The maximum Gasteiger partial charge on any atom is 0.222 e. The van der Waals surface area contributed by atoms with Gasteiger partial charge in [-0.05, 0) is 36.8 Å². The number of nitrogens with one attached hydrogen (secondary N) is 1. The highest BCUT2D eigenvalue weighted by molar-refractivity contribution is 5.76. The molecule has 2 aliphatic rings. The third kappa shape index (κ3) is 4.15. The molecule has 4 rings (SSSR count). The molecule has 1 aromatic heterocycles. The van der Waals surface area contributed by atoms with Crippen LogP contribution in [0.2, 0.25) is 0 Å². The minimum atomic E-state index is 0.341. The number of likely N-dealkylation sites (tertiary alicyclic amines) is 2. The molecule has 2 atom stereocenters. The fourth-order valence-corrected chi connectivity index (χ4v) is 4.45. The van der Waals surface area contributed by atoms with E-state index in [9.17, 15) is 4.79 Å². The number of rotatable bonds is 5. The maximum absolute atomic E-state index is 12.7. The Hall–Kier alpha value is -2.14. The molecule has 0 bridgehead atoms. The minimum Gasteiger partial charge on any atom is -0.348 e. The molecule has 26 heavy (non-hydrogen) atoms. The van der Waals surface area contributed by atoms with Crippen LogP contribution in [0.4, 0.5) is 0 Å². The van der Waals surface area contributed by atoms with Crippen molar-refractivity contribution in [2.45, 2.75) is 32.2 Å². The summed E-state index contributed by atoms with van der Waals surface area (Å²) in [6, 6.07) is 10.7. The van der Waals surface area contributed by atoms with Crippen molar-refractivity contribution in [3.63, 3.8) is 0 Å². The molecule has 3 heterocycles. The van der Waals surface area contributed by atoms with Crippen molar-refractivity contribution in [3.8, 4) is 0 Å². The number of fused-ring (bicyclic) bond motifs is 1. The van der Waals surface area contributed by atoms with Gasteiger partial charge in [-0.1, -0.05) is 30.3 Å². The number of aromatic amines is 1. The molecule has 0 spiro atoms. The second-order valence-electron chi connectivity index (χ2n) is 7.73. The smallest absolute Gasteiger partial charge is 0.222 e. The molecule has 1 aromatic carbocycles. The number of aromatic nitrogens is 2. The second kappa shape index (κ2) is 8.04. The van der Waals surface area contributed by atoms with Gasteiger partial charge in [0.15, 0.2) is 0 Å². The SMILES string of the molecule is O=C1C[C@@H]2CCN(Cc3ccccc3)C[C@@H]2CCN1CCc1cnc[nH]1. The largest absolute Gasteiger partial charge is 0.348 e. The first-order valence-corrected chi connectivity index (χ1v) is 9.79. The third-order valence-corrected chi connectivity index (χ3v) is 5.99. The molecule has 2 aliphatic heterocycles. The summed E-state index contributed by atoms with van der Waals surface area (Å²) in [5.41, 5.74) is 2.49. The molecule has 1 amide bonds. The van der Waals surface area contributed by atoms with Gasteiger partial charge in [-0.3, -0.25) is 9.69 Å². The Bertz CT molecular complexity index is 700. The van der Waals surface area contributed by atoms with E-state index in [1.165, 1.54) is 5.56 Å². The van der Waals surface area contributed by atoms with Gasteiger partial charge < -0.3 is 9.88 Å². The molecule has 2 fully saturated rings. The van der Waals surface area contributed by atoms with Crippen LogP contribution in [0.25, 0.3) is 0 Å². The second-order valence-corrected chi connectivity index (χ2v) is 7.73. The molecule has 2 aromatic rings. The summed E-state index contributed by atoms with van der Waals surface area (Å²) in [4.78, 5) is 24.5. The van der Waals surface area contributed by atoms with Crippen molar-refractivity contribution in [2.75, 3.05) is 26.2 Å². The molecule has 1 N–H and O–H groups in total. The van der Waals surface area contributed by atoms with Gasteiger partial charge in [0, 0.05) is 50.9 Å². The van der Waals surface area contributed by atoms with E-state index < -0.39 is 0 Å². The average molecular weight is 352 g/mol. The molecule has 0 unspecified atom stereocenters. The molecule has 0 radical (unpaired) electrons. The molecule has 138 valence electrons. The molecular weight excluding hydrogens is 324 g/mol. The van der Waals surface area contributed by atoms with E-state index in [1.54, 1.807) is 6.33 Å². The Morgan fingerprint density at radius 1 is 1.12 bits per heavy atom. The van der Waals surface area contributed by atoms with Crippen LogP contribution in [-0.2, 0) is 17.8 Å². The van der Waals surface area contributed by atoms with Gasteiger partial charge in [0.25, 0.3) is 0 Å². The van der Waals surface area contributed by atoms with Gasteiger partial charge >= 0.3 is 0 Å². The van der Waals surface area contributed by atoms with E-state index in [1.807, 2.05) is 6.20 Å². The van der Waals surface area contributed by atoms with E-state index >= 15 is 0 Å². The zero-order chi connectivity index (χ0) is 17.8. The van der Waals surface area contributed by atoms with Crippen LogP contribution in [-0.4, -0.2) is 51.9 Å². The average Bonchev–Trinajstić information content (AvgIpc) is 3.12. The molecule has 5 heteroatoms. The van der Waals surface area contributed by atoms with Crippen molar-refractivity contribution >= 4 is 5.91 Å². The Balaban J connectivity index is 1.33. The van der Waals surface area contributed by atoms with Gasteiger partial charge in [-0.15, -0.1) is 0 Å². The Morgan fingerprint density at radius 2 is 1.96 bits per heavy atom. The lowest BCUT2D eigenvalue weighted by Crippen LogP contribution is -2.40. The van der Waals surface area contributed by atoms with Crippen molar-refractivity contribution in [1.82, 2.24) is 19.8 Å². The van der Waals surface area contributed by atoms with Crippen LogP contribution < -0.4 is 0 Å². The predicted octanol–water partition coefficient (Wildman–Crippen LogP) is 2.71. The number of carbonyl (C=O) groups is 1. The summed E-state index contributed by atoms with van der Waals surface area (Å²) >= 11 is 0. The third-order valence-electron chi connectivity index (χ3n) is 5.99. The van der Waals surface area contributed by atoms with E-state index in [0.29, 0.717) is 17.7 Å². The predicted molar refractivity (Wildman–Crippen MR) is 101 cm³/mol. The molecule has 5 nitrogen and oxygen atoms in total. The van der Waals surface area contributed by atoms with Crippen molar-refractivity contribution in [1.29, 1.82) is 0 Å². The Labute approximate surface area is 155 Å². The first-order chi connectivity index (χ1) is 12.8. The number of carbonyl (C=O) groups excluding carboxylic acids is 1. The summed E-state index contributed by atoms with van der Waals surface area (Å²) in [5.74, 6) is 1.55. The molecular formula is C21H28N4O. The maximum atomic E-state index is 12.7. The fourth-order valence-electron chi connectivity index (χ4n) is 4.45. The van der Waals surface area contributed by atoms with E-state index in [-0.39, 0.29) is 0 Å². The zero-order valence-corrected chi connectivity index (χ0v) is 15.3. The normalized spacial score (nSPS) is 24.3. The van der Waals surface area contributed by atoms with Crippen LogP contribution in [0.5, 0.6) is 0 Å². The first-order valence-electron chi connectivity index (χ1n) is 9.79. The van der Waals surface area contributed by atoms with Crippen LogP contribution in [0.1, 0.15) is 30.5 Å². The first kappa shape index (κ1) is 17.3. The van der Waals surface area contributed by atoms with E-state index in [4.69, 9.17) is 0 Å². The monoisotopic (exact) mass is 352 g/mol. The quantitative estimate of drug-likeness (QED) is 0.900. The van der Waals surface area contributed by atoms with Gasteiger partial charge in [-0.2, -0.15) is 0 Å². The topological polar surface area (TPSA) is 52.2 Å². The highest BCUT2D eigenvalue weighted by Crippen LogP contribution is 2.33. The number of H-pyrrole nitrogens is 1. The van der Waals surface area contributed by atoms with Crippen molar-refractivity contribution in [3.05, 3.63) is 54.1 Å². The lowest BCUT2D eigenvalue weighted by atomic mass is 9.82. The summed E-state index contributed by atoms with van der Waals surface area (Å²) in [6.45, 7) is 4.96. The summed E-state index contributed by atoms with van der Waals surface area (Å²) < 4.78 is 0. The van der Waals surface area contributed by atoms with E-state index in [2.05, 4.69) is 50.1 Å². The number of nitrogens with zero attached hydrogens (tertiary/aromatic N) is 3. The highest BCUT2D eigenvalue weighted by Gasteiger charge is 2.34. The molecule has 0 saturated carbocycles. The lowest BCUT2D eigenvalue weighted by molar-refractivity contribution is -0.131. The van der Waals surface area contributed by atoms with Gasteiger partial charge in [0.1, 0.15) is 0 Å². The number of imidazole rings is 1. The van der Waals surface area contributed by atoms with E-state index in [0.717, 1.165) is 64.1 Å². The van der Waals surface area contributed by atoms with Crippen LogP contribution in [0.3, 0.4) is 0 Å². The lowest BCUT2D eigenvalue weighted by Gasteiger charge is -2.37. The summed E-state index contributed by atoms with van der Waals surface area (Å²) in [6.07, 6.45) is 7.43. The van der Waals surface area contributed by atoms with Crippen LogP contribution in [0.15, 0.2) is 42.9 Å². The summed E-state index contributed by atoms with van der Waals surface area (Å²) in [7, 11) is 0. The highest BCUT2D eigenvalue weighted by atomic mass is 16.2. The van der Waals surface area contributed by atoms with Crippen molar-refractivity contribution < 1.29 is 4.79 Å². The van der Waals surface area contributed by atoms with Crippen LogP contribution >= 0.6 is 0 Å².